The molecule has 0 atom stereocenters. The second kappa shape index (κ2) is 9.09. The summed E-state index contributed by atoms with van der Waals surface area (Å²) in [6, 6.07) is 28.3. The molecule has 5 nitrogen and oxygen atoms in total. The Balaban J connectivity index is 1.44. The molecule has 0 spiro atoms. The van der Waals surface area contributed by atoms with Gasteiger partial charge in [0.2, 0.25) is 0 Å². The lowest BCUT2D eigenvalue weighted by atomic mass is 10.0. The van der Waals surface area contributed by atoms with Crippen LogP contribution < -0.4 is 5.32 Å². The number of carbonyl (C=O) groups is 1. The molecule has 162 valence electrons. The van der Waals surface area contributed by atoms with Gasteiger partial charge in [0.05, 0.1) is 22.9 Å². The maximum Gasteiger partial charge on any atom is 0.255 e. The number of aryl methyl sites for hydroxylation is 1. The van der Waals surface area contributed by atoms with E-state index in [0.717, 1.165) is 23.3 Å². The molecule has 0 fully saturated rings. The van der Waals surface area contributed by atoms with Gasteiger partial charge in [0, 0.05) is 24.7 Å². The quantitative estimate of drug-likeness (QED) is 0.360. The van der Waals surface area contributed by atoms with Gasteiger partial charge in [0.1, 0.15) is 5.82 Å². The first-order chi connectivity index (χ1) is 16.2. The summed E-state index contributed by atoms with van der Waals surface area (Å²) in [7, 11) is 0. The molecule has 0 aliphatic heterocycles. The molecule has 33 heavy (non-hydrogen) atoms. The van der Waals surface area contributed by atoms with Crippen molar-refractivity contribution in [3.8, 4) is 11.1 Å². The smallest absolute Gasteiger partial charge is 0.255 e. The number of imidazole rings is 1. The van der Waals surface area contributed by atoms with Gasteiger partial charge in [0.25, 0.3) is 5.91 Å². The minimum atomic E-state index is -0.164. The summed E-state index contributed by atoms with van der Waals surface area (Å²) < 4.78 is 2.20. The van der Waals surface area contributed by atoms with Gasteiger partial charge in [-0.15, -0.1) is 0 Å². The van der Waals surface area contributed by atoms with Crippen molar-refractivity contribution in [1.29, 1.82) is 0 Å². The summed E-state index contributed by atoms with van der Waals surface area (Å²) in [6.07, 6.45) is 4.13. The van der Waals surface area contributed by atoms with Crippen molar-refractivity contribution in [2.24, 2.45) is 0 Å². The lowest BCUT2D eigenvalue weighted by Gasteiger charge is -2.10. The lowest BCUT2D eigenvalue weighted by Crippen LogP contribution is -2.12. The summed E-state index contributed by atoms with van der Waals surface area (Å²) in [5, 5.41) is 2.90. The van der Waals surface area contributed by atoms with E-state index in [1.807, 2.05) is 30.3 Å². The van der Waals surface area contributed by atoms with Crippen LogP contribution in [0.4, 0.5) is 5.69 Å². The van der Waals surface area contributed by atoms with Crippen molar-refractivity contribution in [2.45, 2.75) is 19.9 Å². The number of nitrogens with zero attached hydrogens (tertiary/aromatic N) is 3. The van der Waals surface area contributed by atoms with E-state index in [0.29, 0.717) is 17.8 Å². The second-order valence-corrected chi connectivity index (χ2v) is 7.93. The molecule has 0 bridgehead atoms. The Kier molecular flexibility index (Phi) is 5.68. The number of rotatable bonds is 6. The number of hydrogen-bond donors (Lipinski definition) is 1. The largest absolute Gasteiger partial charge is 0.323 e. The van der Waals surface area contributed by atoms with Crippen LogP contribution in [0.2, 0.25) is 0 Å². The van der Waals surface area contributed by atoms with Gasteiger partial charge in [-0.3, -0.25) is 9.78 Å². The summed E-state index contributed by atoms with van der Waals surface area (Å²) in [5.74, 6) is 0.838. The number of hydrogen-bond acceptors (Lipinski definition) is 3. The Bertz CT molecular complexity index is 1390. The highest BCUT2D eigenvalue weighted by atomic mass is 16.1. The first kappa shape index (κ1) is 20.6. The predicted octanol–water partition coefficient (Wildman–Crippen LogP) is 5.96. The molecule has 0 aliphatic carbocycles. The monoisotopic (exact) mass is 432 g/mol. The topological polar surface area (TPSA) is 59.8 Å². The summed E-state index contributed by atoms with van der Waals surface area (Å²) >= 11 is 0. The number of carbonyl (C=O) groups excluding carboxylic acids is 1. The molecule has 5 heteroatoms. The van der Waals surface area contributed by atoms with E-state index in [9.17, 15) is 4.79 Å². The van der Waals surface area contributed by atoms with Crippen LogP contribution in [0.5, 0.6) is 0 Å². The van der Waals surface area contributed by atoms with Gasteiger partial charge < -0.3 is 9.88 Å². The minimum Gasteiger partial charge on any atom is -0.323 e. The Morgan fingerprint density at radius 1 is 0.909 bits per heavy atom. The van der Waals surface area contributed by atoms with Crippen LogP contribution in [-0.2, 0) is 13.0 Å². The van der Waals surface area contributed by atoms with Crippen LogP contribution in [0, 0.1) is 0 Å². The van der Waals surface area contributed by atoms with Crippen molar-refractivity contribution in [1.82, 2.24) is 14.5 Å². The van der Waals surface area contributed by atoms with Crippen LogP contribution in [0.25, 0.3) is 22.2 Å². The standard InChI is InChI=1S/C28H24N4O/c1-2-27-31-25-15-14-23(28(33)30-24-9-6-16-29-18-24)17-26(25)32(27)19-20-10-12-22(13-11-20)21-7-4-3-5-8-21/h3-18H,2,19H2,1H3,(H,30,33). The van der Waals surface area contributed by atoms with Crippen molar-refractivity contribution in [3.63, 3.8) is 0 Å². The number of fused-ring (bicyclic) bond motifs is 1. The van der Waals surface area contributed by atoms with E-state index in [1.165, 1.54) is 16.7 Å². The maximum absolute atomic E-state index is 12.8. The minimum absolute atomic E-state index is 0.164. The van der Waals surface area contributed by atoms with E-state index >= 15 is 0 Å². The molecule has 1 amide bonds. The van der Waals surface area contributed by atoms with Gasteiger partial charge in [-0.2, -0.15) is 0 Å². The fraction of sp³-hybridized carbons (Fsp3) is 0.107. The third kappa shape index (κ3) is 4.39. The normalized spacial score (nSPS) is 10.9. The van der Waals surface area contributed by atoms with E-state index in [4.69, 9.17) is 4.98 Å². The fourth-order valence-electron chi connectivity index (χ4n) is 4.02. The van der Waals surface area contributed by atoms with E-state index in [1.54, 1.807) is 18.5 Å². The zero-order valence-electron chi connectivity index (χ0n) is 18.4. The maximum atomic E-state index is 12.8. The molecule has 5 aromatic rings. The lowest BCUT2D eigenvalue weighted by molar-refractivity contribution is 0.102. The predicted molar refractivity (Wildman–Crippen MR) is 132 cm³/mol. The number of pyridine rings is 1. The molecule has 0 saturated heterocycles. The first-order valence-electron chi connectivity index (χ1n) is 11.1. The molecule has 2 aromatic heterocycles. The summed E-state index contributed by atoms with van der Waals surface area (Å²) in [4.78, 5) is 21.7. The van der Waals surface area contributed by atoms with Crippen LogP contribution >= 0.6 is 0 Å². The van der Waals surface area contributed by atoms with Gasteiger partial charge in [0.15, 0.2) is 0 Å². The van der Waals surface area contributed by atoms with Gasteiger partial charge in [-0.25, -0.2) is 4.98 Å². The molecular formula is C28H24N4O. The Morgan fingerprint density at radius 2 is 1.70 bits per heavy atom. The summed E-state index contributed by atoms with van der Waals surface area (Å²) in [5.41, 5.74) is 6.70. The third-order valence-corrected chi connectivity index (χ3v) is 5.73. The molecule has 1 N–H and O–H groups in total. The van der Waals surface area contributed by atoms with Crippen LogP contribution in [-0.4, -0.2) is 20.4 Å². The Hall–Kier alpha value is -4.25. The zero-order chi connectivity index (χ0) is 22.6. The van der Waals surface area contributed by atoms with Crippen LogP contribution in [0.15, 0.2) is 97.3 Å². The summed E-state index contributed by atoms with van der Waals surface area (Å²) in [6.45, 7) is 2.80. The fourth-order valence-corrected chi connectivity index (χ4v) is 4.02. The van der Waals surface area contributed by atoms with Crippen molar-refractivity contribution in [2.75, 3.05) is 5.32 Å². The highest BCUT2D eigenvalue weighted by Gasteiger charge is 2.14. The van der Waals surface area contributed by atoms with Crippen LogP contribution in [0.1, 0.15) is 28.7 Å². The SMILES string of the molecule is CCc1nc2ccc(C(=O)Nc3cccnc3)cc2n1Cc1ccc(-c2ccccc2)cc1. The highest BCUT2D eigenvalue weighted by molar-refractivity contribution is 6.05. The van der Waals surface area contributed by atoms with E-state index in [2.05, 4.69) is 70.3 Å². The molecular weight excluding hydrogens is 408 g/mol. The van der Waals surface area contributed by atoms with E-state index in [-0.39, 0.29) is 5.91 Å². The first-order valence-corrected chi connectivity index (χ1v) is 11.1. The highest BCUT2D eigenvalue weighted by Crippen LogP contribution is 2.23. The molecule has 0 saturated carbocycles. The number of amides is 1. The molecule has 5 rings (SSSR count). The van der Waals surface area contributed by atoms with Crippen molar-refractivity contribution < 1.29 is 4.79 Å². The Labute approximate surface area is 192 Å². The third-order valence-electron chi connectivity index (χ3n) is 5.73. The molecule has 0 radical (unpaired) electrons. The van der Waals surface area contributed by atoms with Gasteiger partial charge >= 0.3 is 0 Å². The van der Waals surface area contributed by atoms with Gasteiger partial charge in [-0.05, 0) is 47.0 Å². The molecule has 3 aromatic carbocycles. The zero-order valence-corrected chi connectivity index (χ0v) is 18.4. The second-order valence-electron chi connectivity index (χ2n) is 7.93. The number of benzene rings is 3. The average molecular weight is 433 g/mol. The van der Waals surface area contributed by atoms with Crippen molar-refractivity contribution >= 4 is 22.6 Å². The number of nitrogens with one attached hydrogen (secondary N) is 1. The average Bonchev–Trinajstić information content (AvgIpc) is 3.22. The van der Waals surface area contributed by atoms with Crippen LogP contribution in [0.3, 0.4) is 0 Å². The molecule has 0 unspecified atom stereocenters. The number of aromatic nitrogens is 3. The molecule has 2 heterocycles. The van der Waals surface area contributed by atoms with Crippen molar-refractivity contribution in [3.05, 3.63) is 114 Å². The van der Waals surface area contributed by atoms with E-state index < -0.39 is 0 Å². The molecule has 0 aliphatic rings. The number of anilines is 1. The Morgan fingerprint density at radius 3 is 2.42 bits per heavy atom. The van der Waals surface area contributed by atoms with Gasteiger partial charge in [-0.1, -0.05) is 61.5 Å².